The van der Waals surface area contributed by atoms with Crippen molar-refractivity contribution < 1.29 is 4.79 Å². The molecule has 0 N–H and O–H groups in total. The predicted octanol–water partition coefficient (Wildman–Crippen LogP) is 2.11. The van der Waals surface area contributed by atoms with Gasteiger partial charge in [0.25, 0.3) is 5.91 Å². The number of aromatic nitrogens is 2. The van der Waals surface area contributed by atoms with Gasteiger partial charge in [-0.15, -0.1) is 0 Å². The quantitative estimate of drug-likeness (QED) is 0.819. The zero-order valence-electron chi connectivity index (χ0n) is 10.1. The Bertz CT molecular complexity index is 707. The lowest BCUT2D eigenvalue weighted by molar-refractivity contribution is 0.0906. The molecule has 0 bridgehead atoms. The number of aliphatic imine (C=N–C) groups is 1. The molecule has 3 rings (SSSR count). The first-order valence-corrected chi connectivity index (χ1v) is 5.89. The second-order valence-electron chi connectivity index (χ2n) is 4.32. The molecule has 0 fully saturated rings. The molecule has 0 aliphatic carbocycles. The van der Waals surface area contributed by atoms with E-state index in [4.69, 9.17) is 5.26 Å². The first-order chi connectivity index (χ1) is 9.28. The molecule has 0 atom stereocenters. The maximum atomic E-state index is 11.9. The van der Waals surface area contributed by atoms with E-state index >= 15 is 0 Å². The largest absolute Gasteiger partial charge is 0.272 e. The third kappa shape index (κ3) is 2.04. The van der Waals surface area contributed by atoms with Crippen LogP contribution >= 0.6 is 0 Å². The highest BCUT2D eigenvalue weighted by molar-refractivity contribution is 6.07. The van der Waals surface area contributed by atoms with E-state index in [1.807, 2.05) is 36.4 Å². The van der Waals surface area contributed by atoms with Crippen molar-refractivity contribution in [2.75, 3.05) is 0 Å². The standard InChI is InChI=1S/C14H10N4O/c15-8-11-9-16-18-13(19)7-12(17-14(11)18)6-10-4-2-1-3-5-10/h1-5,9H,6-7H2. The molecule has 0 spiro atoms. The van der Waals surface area contributed by atoms with Crippen molar-refractivity contribution in [1.82, 2.24) is 9.78 Å². The van der Waals surface area contributed by atoms with Crippen molar-refractivity contribution in [2.45, 2.75) is 12.8 Å². The molecule has 0 unspecified atom stereocenters. The summed E-state index contributed by atoms with van der Waals surface area (Å²) in [5.74, 6) is 0.210. The Labute approximate surface area is 109 Å². The lowest BCUT2D eigenvalue weighted by atomic mass is 10.1. The summed E-state index contributed by atoms with van der Waals surface area (Å²) >= 11 is 0. The maximum absolute atomic E-state index is 11.9. The van der Waals surface area contributed by atoms with Crippen molar-refractivity contribution in [1.29, 1.82) is 5.26 Å². The van der Waals surface area contributed by atoms with Crippen molar-refractivity contribution in [3.63, 3.8) is 0 Å². The number of nitrogens with zero attached hydrogens (tertiary/aromatic N) is 4. The predicted molar refractivity (Wildman–Crippen MR) is 69.4 cm³/mol. The molecule has 2 heterocycles. The van der Waals surface area contributed by atoms with Crippen molar-refractivity contribution in [3.8, 4) is 6.07 Å². The zero-order chi connectivity index (χ0) is 13.2. The van der Waals surface area contributed by atoms with Crippen LogP contribution in [0, 0.1) is 11.3 Å². The van der Waals surface area contributed by atoms with Gasteiger partial charge in [-0.3, -0.25) is 4.79 Å². The van der Waals surface area contributed by atoms with Crippen LogP contribution in [0.25, 0.3) is 0 Å². The second-order valence-corrected chi connectivity index (χ2v) is 4.32. The minimum Gasteiger partial charge on any atom is -0.272 e. The molecule has 2 aromatic rings. The summed E-state index contributed by atoms with van der Waals surface area (Å²) in [6.07, 6.45) is 2.24. The first-order valence-electron chi connectivity index (χ1n) is 5.89. The van der Waals surface area contributed by atoms with Gasteiger partial charge < -0.3 is 0 Å². The summed E-state index contributed by atoms with van der Waals surface area (Å²) in [6, 6.07) is 11.8. The van der Waals surface area contributed by atoms with Crippen LogP contribution in [-0.4, -0.2) is 21.4 Å². The van der Waals surface area contributed by atoms with E-state index in [1.54, 1.807) is 0 Å². The summed E-state index contributed by atoms with van der Waals surface area (Å²) in [6.45, 7) is 0. The highest BCUT2D eigenvalue weighted by Crippen LogP contribution is 2.23. The normalized spacial score (nSPS) is 13.6. The average Bonchev–Trinajstić information content (AvgIpc) is 2.83. The number of carbonyl (C=O) groups excluding carboxylic acids is 1. The number of hydrogen-bond acceptors (Lipinski definition) is 4. The molecule has 0 saturated carbocycles. The Morgan fingerprint density at radius 1 is 1.32 bits per heavy atom. The number of carbonyl (C=O) groups is 1. The topological polar surface area (TPSA) is 71.0 Å². The van der Waals surface area contributed by atoms with Gasteiger partial charge in [-0.1, -0.05) is 30.3 Å². The Morgan fingerprint density at radius 2 is 2.11 bits per heavy atom. The lowest BCUT2D eigenvalue weighted by Gasteiger charge is -2.13. The number of benzene rings is 1. The monoisotopic (exact) mass is 250 g/mol. The van der Waals surface area contributed by atoms with Gasteiger partial charge in [0.1, 0.15) is 11.6 Å². The van der Waals surface area contributed by atoms with Crippen LogP contribution < -0.4 is 0 Å². The first kappa shape index (κ1) is 11.4. The zero-order valence-corrected chi connectivity index (χ0v) is 10.1. The van der Waals surface area contributed by atoms with Crippen LogP contribution in [0.3, 0.4) is 0 Å². The highest BCUT2D eigenvalue weighted by Gasteiger charge is 2.23. The van der Waals surface area contributed by atoms with Crippen LogP contribution in [0.2, 0.25) is 0 Å². The van der Waals surface area contributed by atoms with Crippen LogP contribution in [0.5, 0.6) is 0 Å². The minimum absolute atomic E-state index is 0.141. The summed E-state index contributed by atoms with van der Waals surface area (Å²) in [4.78, 5) is 16.3. The smallest absolute Gasteiger partial charge is 0.254 e. The fraction of sp³-hybridized carbons (Fsp3) is 0.143. The van der Waals surface area contributed by atoms with Crippen LogP contribution in [0.1, 0.15) is 22.3 Å². The molecule has 0 saturated heterocycles. The molecule has 1 aliphatic heterocycles. The summed E-state index contributed by atoms with van der Waals surface area (Å²) in [7, 11) is 0. The summed E-state index contributed by atoms with van der Waals surface area (Å²) < 4.78 is 1.20. The van der Waals surface area contributed by atoms with Gasteiger partial charge in [0, 0.05) is 12.1 Å². The fourth-order valence-electron chi connectivity index (χ4n) is 2.08. The van der Waals surface area contributed by atoms with Crippen molar-refractivity contribution in [3.05, 3.63) is 47.7 Å². The van der Waals surface area contributed by atoms with Crippen LogP contribution in [-0.2, 0) is 6.42 Å². The SMILES string of the molecule is N#Cc1cnn2c1N=C(Cc1ccccc1)CC2=O. The molecule has 1 aliphatic rings. The van der Waals surface area contributed by atoms with Crippen LogP contribution in [0.4, 0.5) is 5.82 Å². The van der Waals surface area contributed by atoms with Gasteiger partial charge in [-0.25, -0.2) is 4.99 Å². The number of nitriles is 1. The highest BCUT2D eigenvalue weighted by atomic mass is 16.2. The average molecular weight is 250 g/mol. The maximum Gasteiger partial charge on any atom is 0.254 e. The van der Waals surface area contributed by atoms with Gasteiger partial charge in [-0.2, -0.15) is 15.0 Å². The van der Waals surface area contributed by atoms with E-state index in [-0.39, 0.29) is 12.3 Å². The molecule has 5 nitrogen and oxygen atoms in total. The van der Waals surface area contributed by atoms with E-state index in [0.717, 1.165) is 11.3 Å². The third-order valence-corrected chi connectivity index (χ3v) is 2.97. The fourth-order valence-corrected chi connectivity index (χ4v) is 2.08. The second kappa shape index (κ2) is 4.50. The van der Waals surface area contributed by atoms with Gasteiger partial charge in [0.15, 0.2) is 5.82 Å². The lowest BCUT2D eigenvalue weighted by Crippen LogP contribution is -2.22. The molecule has 0 radical (unpaired) electrons. The minimum atomic E-state index is -0.141. The van der Waals surface area contributed by atoms with E-state index in [9.17, 15) is 4.79 Å². The van der Waals surface area contributed by atoms with Gasteiger partial charge in [0.2, 0.25) is 0 Å². The Hall–Kier alpha value is -2.74. The third-order valence-electron chi connectivity index (χ3n) is 2.97. The van der Waals surface area contributed by atoms with Crippen molar-refractivity contribution in [2.24, 2.45) is 4.99 Å². The van der Waals surface area contributed by atoms with Crippen molar-refractivity contribution >= 4 is 17.4 Å². The van der Waals surface area contributed by atoms with Gasteiger partial charge in [0.05, 0.1) is 12.6 Å². The molecule has 1 aromatic carbocycles. The van der Waals surface area contributed by atoms with E-state index < -0.39 is 0 Å². The Balaban J connectivity index is 1.97. The summed E-state index contributed by atoms with van der Waals surface area (Å²) in [5.41, 5.74) is 2.19. The molecule has 92 valence electrons. The van der Waals surface area contributed by atoms with Gasteiger partial charge in [-0.05, 0) is 5.56 Å². The number of rotatable bonds is 2. The Morgan fingerprint density at radius 3 is 2.84 bits per heavy atom. The molecule has 19 heavy (non-hydrogen) atoms. The van der Waals surface area contributed by atoms with E-state index in [2.05, 4.69) is 10.1 Å². The van der Waals surface area contributed by atoms with Crippen LogP contribution in [0.15, 0.2) is 41.5 Å². The molecular formula is C14H10N4O. The Kier molecular flexibility index (Phi) is 2.69. The molecule has 5 heteroatoms. The van der Waals surface area contributed by atoms with Gasteiger partial charge >= 0.3 is 0 Å². The number of fused-ring (bicyclic) bond motifs is 1. The van der Waals surface area contributed by atoms with E-state index in [0.29, 0.717) is 17.8 Å². The number of hydrogen-bond donors (Lipinski definition) is 0. The molecular weight excluding hydrogens is 240 g/mol. The summed E-state index contributed by atoms with van der Waals surface area (Å²) in [5, 5.41) is 12.8. The van der Waals surface area contributed by atoms with E-state index in [1.165, 1.54) is 10.9 Å². The molecule has 0 amide bonds. The molecule has 1 aromatic heterocycles.